The Kier molecular flexibility index (Phi) is 4.20. The Morgan fingerprint density at radius 2 is 1.96 bits per heavy atom. The number of rotatable bonds is 6. The molecule has 5 heteroatoms. The van der Waals surface area contributed by atoms with E-state index in [1.54, 1.807) is 6.33 Å². The lowest BCUT2D eigenvalue weighted by molar-refractivity contribution is 1.05. The molecule has 0 saturated heterocycles. The predicted molar refractivity (Wildman–Crippen MR) is 114 cm³/mol. The topological polar surface area (TPSA) is 65.6 Å². The largest absolute Gasteiger partial charge is 0.379 e. The normalized spacial score (nSPS) is 13.6. The molecule has 4 aromatic rings. The highest BCUT2D eigenvalue weighted by Crippen LogP contribution is 2.40. The first kappa shape index (κ1) is 16.8. The molecule has 140 valence electrons. The van der Waals surface area contributed by atoms with Gasteiger partial charge in [0.15, 0.2) is 0 Å². The van der Waals surface area contributed by atoms with Gasteiger partial charge in [-0.05, 0) is 67.6 Å². The highest BCUT2D eigenvalue weighted by atomic mass is 15.0. The van der Waals surface area contributed by atoms with Crippen molar-refractivity contribution >= 4 is 28.1 Å². The maximum Gasteiger partial charge on any atom is 0.131 e. The second kappa shape index (κ2) is 7.00. The van der Waals surface area contributed by atoms with Crippen molar-refractivity contribution in [3.05, 3.63) is 77.9 Å². The molecule has 2 aromatic carbocycles. The molecular formula is C23H23N5. The van der Waals surface area contributed by atoms with Crippen LogP contribution in [0, 0.1) is 6.92 Å². The molecule has 0 amide bonds. The number of imidazole rings is 1. The van der Waals surface area contributed by atoms with Gasteiger partial charge in [0.25, 0.3) is 0 Å². The lowest BCUT2D eigenvalue weighted by atomic mass is 10.1. The Morgan fingerprint density at radius 1 is 1.07 bits per heavy atom. The number of hydrogen-bond donors (Lipinski definition) is 3. The van der Waals surface area contributed by atoms with Crippen LogP contribution in [0.25, 0.3) is 10.9 Å². The number of fused-ring (bicyclic) bond motifs is 1. The first-order chi connectivity index (χ1) is 13.8. The third-order valence-electron chi connectivity index (χ3n) is 5.32. The van der Waals surface area contributed by atoms with Crippen LogP contribution in [0.3, 0.4) is 0 Å². The summed E-state index contributed by atoms with van der Waals surface area (Å²) in [6, 6.07) is 19.0. The van der Waals surface area contributed by atoms with Crippen LogP contribution in [-0.4, -0.2) is 15.0 Å². The van der Waals surface area contributed by atoms with E-state index in [0.29, 0.717) is 6.54 Å². The first-order valence-corrected chi connectivity index (χ1v) is 9.76. The van der Waals surface area contributed by atoms with Gasteiger partial charge >= 0.3 is 0 Å². The van der Waals surface area contributed by atoms with Crippen molar-refractivity contribution < 1.29 is 0 Å². The van der Waals surface area contributed by atoms with Crippen LogP contribution < -0.4 is 10.6 Å². The lowest BCUT2D eigenvalue weighted by Crippen LogP contribution is -2.02. The van der Waals surface area contributed by atoms with Crippen LogP contribution in [0.5, 0.6) is 0 Å². The van der Waals surface area contributed by atoms with Crippen molar-refractivity contribution in [1.82, 2.24) is 15.0 Å². The van der Waals surface area contributed by atoms with Crippen LogP contribution in [0.2, 0.25) is 0 Å². The molecule has 2 aromatic heterocycles. The average Bonchev–Trinajstić information content (AvgIpc) is 3.49. The zero-order chi connectivity index (χ0) is 18.9. The van der Waals surface area contributed by atoms with Crippen molar-refractivity contribution in [2.24, 2.45) is 0 Å². The summed E-state index contributed by atoms with van der Waals surface area (Å²) in [5, 5.41) is 8.04. The molecule has 1 fully saturated rings. The third kappa shape index (κ3) is 3.43. The second-order valence-electron chi connectivity index (χ2n) is 7.42. The molecule has 5 rings (SSSR count). The van der Waals surface area contributed by atoms with E-state index in [9.17, 15) is 0 Å². The maximum atomic E-state index is 4.81. The van der Waals surface area contributed by atoms with Crippen molar-refractivity contribution in [2.75, 3.05) is 10.6 Å². The Hall–Kier alpha value is -3.34. The number of nitrogens with zero attached hydrogens (tertiary/aromatic N) is 2. The molecule has 0 radical (unpaired) electrons. The number of aromatic amines is 1. The summed E-state index contributed by atoms with van der Waals surface area (Å²) in [4.78, 5) is 12.3. The van der Waals surface area contributed by atoms with Gasteiger partial charge in [-0.25, -0.2) is 9.97 Å². The predicted octanol–water partition coefficient (Wildman–Crippen LogP) is 5.50. The quantitative estimate of drug-likeness (QED) is 0.420. The zero-order valence-electron chi connectivity index (χ0n) is 15.9. The SMILES string of the molecule is Cc1[nH]cnc1CNc1cccc2nc(Nc3cccc(C4CC4)c3)ccc12. The smallest absolute Gasteiger partial charge is 0.131 e. The lowest BCUT2D eigenvalue weighted by Gasteiger charge is -2.11. The molecule has 0 spiro atoms. The van der Waals surface area contributed by atoms with E-state index in [1.807, 2.05) is 25.1 Å². The van der Waals surface area contributed by atoms with Crippen LogP contribution in [0.4, 0.5) is 17.2 Å². The number of hydrogen-bond acceptors (Lipinski definition) is 4. The van der Waals surface area contributed by atoms with Gasteiger partial charge in [0.2, 0.25) is 0 Å². The summed E-state index contributed by atoms with van der Waals surface area (Å²) in [6.45, 7) is 2.72. The number of anilines is 3. The van der Waals surface area contributed by atoms with Gasteiger partial charge in [-0.15, -0.1) is 0 Å². The summed E-state index contributed by atoms with van der Waals surface area (Å²) in [5.74, 6) is 1.61. The summed E-state index contributed by atoms with van der Waals surface area (Å²) in [5.41, 5.74) is 6.66. The minimum atomic E-state index is 0.683. The number of aromatic nitrogens is 3. The van der Waals surface area contributed by atoms with E-state index in [2.05, 4.69) is 57.0 Å². The molecule has 2 heterocycles. The van der Waals surface area contributed by atoms with Gasteiger partial charge in [0, 0.05) is 22.5 Å². The molecule has 0 aliphatic heterocycles. The Bertz CT molecular complexity index is 1130. The van der Waals surface area contributed by atoms with Crippen molar-refractivity contribution in [1.29, 1.82) is 0 Å². The average molecular weight is 369 g/mol. The minimum Gasteiger partial charge on any atom is -0.379 e. The molecule has 0 bridgehead atoms. The number of aryl methyl sites for hydroxylation is 1. The van der Waals surface area contributed by atoms with Gasteiger partial charge in [-0.3, -0.25) is 0 Å². The van der Waals surface area contributed by atoms with Crippen LogP contribution in [-0.2, 0) is 6.54 Å². The van der Waals surface area contributed by atoms with E-state index < -0.39 is 0 Å². The second-order valence-corrected chi connectivity index (χ2v) is 7.42. The molecular weight excluding hydrogens is 346 g/mol. The van der Waals surface area contributed by atoms with Crippen LogP contribution >= 0.6 is 0 Å². The molecule has 5 nitrogen and oxygen atoms in total. The van der Waals surface area contributed by atoms with Gasteiger partial charge < -0.3 is 15.6 Å². The molecule has 1 aliphatic rings. The summed E-state index contributed by atoms with van der Waals surface area (Å²) in [6.07, 6.45) is 4.35. The van der Waals surface area contributed by atoms with Crippen molar-refractivity contribution in [2.45, 2.75) is 32.2 Å². The first-order valence-electron chi connectivity index (χ1n) is 9.76. The summed E-state index contributed by atoms with van der Waals surface area (Å²) >= 11 is 0. The van der Waals surface area contributed by atoms with E-state index in [1.165, 1.54) is 18.4 Å². The fourth-order valence-electron chi connectivity index (χ4n) is 3.56. The summed E-state index contributed by atoms with van der Waals surface area (Å²) in [7, 11) is 0. The Morgan fingerprint density at radius 3 is 2.79 bits per heavy atom. The van der Waals surface area contributed by atoms with Crippen molar-refractivity contribution in [3.63, 3.8) is 0 Å². The zero-order valence-corrected chi connectivity index (χ0v) is 15.9. The van der Waals surface area contributed by atoms with Crippen LogP contribution in [0.1, 0.15) is 35.7 Å². The highest BCUT2D eigenvalue weighted by Gasteiger charge is 2.23. The third-order valence-corrected chi connectivity index (χ3v) is 5.32. The molecule has 1 aliphatic carbocycles. The number of benzene rings is 2. The van der Waals surface area contributed by atoms with Gasteiger partial charge in [0.1, 0.15) is 5.82 Å². The molecule has 0 atom stereocenters. The molecule has 3 N–H and O–H groups in total. The Labute approximate surface area is 164 Å². The van der Waals surface area contributed by atoms with Gasteiger partial charge in [-0.2, -0.15) is 0 Å². The number of H-pyrrole nitrogens is 1. The van der Waals surface area contributed by atoms with Gasteiger partial charge in [-0.1, -0.05) is 18.2 Å². The van der Waals surface area contributed by atoms with Crippen LogP contribution in [0.15, 0.2) is 60.9 Å². The fraction of sp³-hybridized carbons (Fsp3) is 0.217. The maximum absolute atomic E-state index is 4.81. The standard InChI is InChI=1S/C23H23N5/c1-15-22(26-14-25-15)13-24-20-6-3-7-21-19(20)10-11-23(28-21)27-18-5-2-4-17(12-18)16-8-9-16/h2-7,10-12,14,16,24H,8-9,13H2,1H3,(H,25,26)(H,27,28). The monoisotopic (exact) mass is 369 g/mol. The molecule has 1 saturated carbocycles. The molecule has 0 unspecified atom stereocenters. The van der Waals surface area contributed by atoms with Crippen molar-refractivity contribution in [3.8, 4) is 0 Å². The number of nitrogens with one attached hydrogen (secondary N) is 3. The van der Waals surface area contributed by atoms with E-state index in [0.717, 1.165) is 45.4 Å². The highest BCUT2D eigenvalue weighted by molar-refractivity contribution is 5.92. The van der Waals surface area contributed by atoms with E-state index in [4.69, 9.17) is 4.98 Å². The number of pyridine rings is 1. The summed E-state index contributed by atoms with van der Waals surface area (Å²) < 4.78 is 0. The van der Waals surface area contributed by atoms with Gasteiger partial charge in [0.05, 0.1) is 24.1 Å². The van der Waals surface area contributed by atoms with E-state index in [-0.39, 0.29) is 0 Å². The molecule has 28 heavy (non-hydrogen) atoms. The fourth-order valence-corrected chi connectivity index (χ4v) is 3.56. The van der Waals surface area contributed by atoms with E-state index >= 15 is 0 Å². The minimum absolute atomic E-state index is 0.683. The Balaban J connectivity index is 1.37.